The van der Waals surface area contributed by atoms with Crippen LogP contribution in [0, 0.1) is 0 Å². The van der Waals surface area contributed by atoms with E-state index in [4.69, 9.17) is 14.2 Å². The molecule has 2 aromatic carbocycles. The lowest BCUT2D eigenvalue weighted by molar-refractivity contribution is -0.149. The van der Waals surface area contributed by atoms with E-state index in [9.17, 15) is 4.79 Å². The zero-order valence-corrected chi connectivity index (χ0v) is 17.1. The first-order chi connectivity index (χ1) is 14.7. The van der Waals surface area contributed by atoms with Gasteiger partial charge in [-0.05, 0) is 47.0 Å². The number of hydrogen-bond donors (Lipinski definition) is 0. The number of rotatable bonds is 6. The van der Waals surface area contributed by atoms with Crippen molar-refractivity contribution in [1.82, 2.24) is 9.88 Å². The third kappa shape index (κ3) is 4.14. The van der Waals surface area contributed by atoms with E-state index in [1.807, 2.05) is 65.7 Å². The van der Waals surface area contributed by atoms with Gasteiger partial charge >= 0.3 is 0 Å². The molecule has 154 valence electrons. The minimum atomic E-state index is -0.243. The summed E-state index contributed by atoms with van der Waals surface area (Å²) in [7, 11) is 3.29. The number of methoxy groups -OCH3 is 2. The van der Waals surface area contributed by atoms with Gasteiger partial charge in [0.1, 0.15) is 18.1 Å². The van der Waals surface area contributed by atoms with Gasteiger partial charge in [-0.15, -0.1) is 0 Å². The molecule has 1 amide bonds. The predicted octanol–water partition coefficient (Wildman–Crippen LogP) is 3.87. The molecule has 1 saturated heterocycles. The van der Waals surface area contributed by atoms with Gasteiger partial charge in [-0.1, -0.05) is 24.3 Å². The Morgan fingerprint density at radius 2 is 1.83 bits per heavy atom. The molecule has 1 aromatic heterocycles. The molecule has 0 bridgehead atoms. The number of aromatic nitrogens is 1. The fourth-order valence-corrected chi connectivity index (χ4v) is 3.75. The van der Waals surface area contributed by atoms with Gasteiger partial charge in [0.25, 0.3) is 0 Å². The van der Waals surface area contributed by atoms with Crippen LogP contribution in [0.2, 0.25) is 0 Å². The second-order valence-corrected chi connectivity index (χ2v) is 7.10. The van der Waals surface area contributed by atoms with Crippen molar-refractivity contribution >= 4 is 5.91 Å². The molecule has 1 atom stereocenters. The van der Waals surface area contributed by atoms with Gasteiger partial charge in [0.15, 0.2) is 0 Å². The van der Waals surface area contributed by atoms with Crippen LogP contribution in [0.3, 0.4) is 0 Å². The Kier molecular flexibility index (Phi) is 5.95. The van der Waals surface area contributed by atoms with Gasteiger partial charge in [-0.2, -0.15) is 0 Å². The molecule has 1 unspecified atom stereocenters. The van der Waals surface area contributed by atoms with E-state index in [1.54, 1.807) is 20.4 Å². The first kappa shape index (κ1) is 19.9. The number of carbonyl (C=O) groups excluding carboxylic acids is 1. The largest absolute Gasteiger partial charge is 0.497 e. The second-order valence-electron chi connectivity index (χ2n) is 7.10. The monoisotopic (exact) mass is 404 g/mol. The molecule has 6 nitrogen and oxygen atoms in total. The van der Waals surface area contributed by atoms with E-state index < -0.39 is 0 Å². The van der Waals surface area contributed by atoms with E-state index in [-0.39, 0.29) is 18.6 Å². The van der Waals surface area contributed by atoms with Gasteiger partial charge in [-0.3, -0.25) is 9.78 Å². The predicted molar refractivity (Wildman–Crippen MR) is 113 cm³/mol. The first-order valence-electron chi connectivity index (χ1n) is 9.78. The van der Waals surface area contributed by atoms with Crippen molar-refractivity contribution in [3.63, 3.8) is 0 Å². The minimum absolute atomic E-state index is 0.0467. The average Bonchev–Trinajstić information content (AvgIpc) is 2.80. The van der Waals surface area contributed by atoms with Crippen LogP contribution in [-0.2, 0) is 16.1 Å². The number of morpholine rings is 1. The van der Waals surface area contributed by atoms with Gasteiger partial charge < -0.3 is 19.1 Å². The first-order valence-corrected chi connectivity index (χ1v) is 9.78. The van der Waals surface area contributed by atoms with Crippen LogP contribution in [-0.4, -0.2) is 43.2 Å². The number of nitrogens with zero attached hydrogens (tertiary/aromatic N) is 2. The number of pyridine rings is 1. The van der Waals surface area contributed by atoms with Crippen molar-refractivity contribution < 1.29 is 19.0 Å². The summed E-state index contributed by atoms with van der Waals surface area (Å²) < 4.78 is 16.3. The number of amides is 1. The number of carbonyl (C=O) groups is 1. The summed E-state index contributed by atoms with van der Waals surface area (Å²) in [5.41, 5.74) is 3.96. The summed E-state index contributed by atoms with van der Waals surface area (Å²) >= 11 is 0. The Bertz CT molecular complexity index is 1040. The van der Waals surface area contributed by atoms with Crippen LogP contribution in [0.25, 0.3) is 11.1 Å². The lowest BCUT2D eigenvalue weighted by Gasteiger charge is -2.36. The average molecular weight is 404 g/mol. The molecule has 1 fully saturated rings. The lowest BCUT2D eigenvalue weighted by atomic mass is 9.95. The highest BCUT2D eigenvalue weighted by atomic mass is 16.5. The third-order valence-electron chi connectivity index (χ3n) is 5.28. The summed E-state index contributed by atoms with van der Waals surface area (Å²) in [6.07, 6.45) is 3.58. The summed E-state index contributed by atoms with van der Waals surface area (Å²) in [6.45, 7) is 0.962. The van der Waals surface area contributed by atoms with E-state index >= 15 is 0 Å². The Balaban J connectivity index is 1.71. The highest BCUT2D eigenvalue weighted by Crippen LogP contribution is 2.35. The SMILES string of the molecule is COc1cccc(CN2C(=O)COCC2c2cnccc2-c2cccc(OC)c2)c1. The van der Waals surface area contributed by atoms with Gasteiger partial charge in [0.2, 0.25) is 5.91 Å². The van der Waals surface area contributed by atoms with Crippen molar-refractivity contribution in [3.8, 4) is 22.6 Å². The zero-order valence-electron chi connectivity index (χ0n) is 17.1. The molecule has 0 saturated carbocycles. The Labute approximate surface area is 176 Å². The molecular weight excluding hydrogens is 380 g/mol. The summed E-state index contributed by atoms with van der Waals surface area (Å²) in [5, 5.41) is 0. The molecule has 0 N–H and O–H groups in total. The molecule has 3 aromatic rings. The van der Waals surface area contributed by atoms with Crippen molar-refractivity contribution in [3.05, 3.63) is 78.1 Å². The molecule has 4 rings (SSSR count). The van der Waals surface area contributed by atoms with Crippen LogP contribution in [0.15, 0.2) is 67.0 Å². The summed E-state index contributed by atoms with van der Waals surface area (Å²) in [5.74, 6) is 1.50. The van der Waals surface area contributed by atoms with Crippen LogP contribution < -0.4 is 9.47 Å². The Hall–Kier alpha value is -3.38. The molecular formula is C24H24N2O4. The Morgan fingerprint density at radius 3 is 2.63 bits per heavy atom. The summed E-state index contributed by atoms with van der Waals surface area (Å²) in [6, 6.07) is 17.4. The highest BCUT2D eigenvalue weighted by Gasteiger charge is 2.32. The molecule has 6 heteroatoms. The smallest absolute Gasteiger partial charge is 0.249 e. The normalized spacial score (nSPS) is 16.4. The fraction of sp³-hybridized carbons (Fsp3) is 0.250. The fourth-order valence-electron chi connectivity index (χ4n) is 3.75. The topological polar surface area (TPSA) is 60.9 Å². The molecule has 1 aliphatic rings. The van der Waals surface area contributed by atoms with Crippen LogP contribution in [0.5, 0.6) is 11.5 Å². The molecule has 0 spiro atoms. The molecule has 1 aliphatic heterocycles. The van der Waals surface area contributed by atoms with Gasteiger partial charge in [0, 0.05) is 24.5 Å². The standard InChI is InChI=1S/C24H24N2O4/c1-28-19-7-3-5-17(11-19)14-26-23(15-30-16-24(26)27)22-13-25-10-9-21(22)18-6-4-8-20(12-18)29-2/h3-13,23H,14-16H2,1-2H3. The molecule has 30 heavy (non-hydrogen) atoms. The Morgan fingerprint density at radius 1 is 1.07 bits per heavy atom. The zero-order chi connectivity index (χ0) is 20.9. The molecule has 2 heterocycles. The van der Waals surface area contributed by atoms with E-state index in [0.717, 1.165) is 33.8 Å². The van der Waals surface area contributed by atoms with E-state index in [0.29, 0.717) is 13.2 Å². The maximum Gasteiger partial charge on any atom is 0.249 e. The quantitative estimate of drug-likeness (QED) is 0.624. The highest BCUT2D eigenvalue weighted by molar-refractivity contribution is 5.79. The van der Waals surface area contributed by atoms with Crippen molar-refractivity contribution in [2.24, 2.45) is 0 Å². The lowest BCUT2D eigenvalue weighted by Crippen LogP contribution is -2.43. The van der Waals surface area contributed by atoms with Crippen molar-refractivity contribution in [2.75, 3.05) is 27.4 Å². The number of hydrogen-bond acceptors (Lipinski definition) is 5. The minimum Gasteiger partial charge on any atom is -0.497 e. The van der Waals surface area contributed by atoms with Gasteiger partial charge in [-0.25, -0.2) is 0 Å². The number of ether oxygens (including phenoxy) is 3. The number of benzene rings is 2. The molecule has 0 radical (unpaired) electrons. The van der Waals surface area contributed by atoms with Gasteiger partial charge in [0.05, 0.1) is 26.9 Å². The summed E-state index contributed by atoms with van der Waals surface area (Å²) in [4.78, 5) is 19.0. The van der Waals surface area contributed by atoms with Crippen LogP contribution >= 0.6 is 0 Å². The maximum absolute atomic E-state index is 12.8. The third-order valence-corrected chi connectivity index (χ3v) is 5.28. The van der Waals surface area contributed by atoms with Crippen LogP contribution in [0.1, 0.15) is 17.2 Å². The molecule has 0 aliphatic carbocycles. The van der Waals surface area contributed by atoms with Crippen molar-refractivity contribution in [2.45, 2.75) is 12.6 Å². The van der Waals surface area contributed by atoms with Crippen LogP contribution in [0.4, 0.5) is 0 Å². The second kappa shape index (κ2) is 8.97. The van der Waals surface area contributed by atoms with E-state index in [2.05, 4.69) is 4.98 Å². The maximum atomic E-state index is 12.8. The van der Waals surface area contributed by atoms with E-state index in [1.165, 1.54) is 0 Å². The van der Waals surface area contributed by atoms with Crippen molar-refractivity contribution in [1.29, 1.82) is 0 Å².